The lowest BCUT2D eigenvalue weighted by Crippen LogP contribution is -2.01. The zero-order valence-corrected chi connectivity index (χ0v) is 11.4. The molecule has 92 valence electrons. The van der Waals surface area contributed by atoms with Gasteiger partial charge in [0.1, 0.15) is 11.9 Å². The second-order valence-corrected chi connectivity index (χ2v) is 5.24. The Bertz CT molecular complexity index is 580. The Morgan fingerprint density at radius 1 is 1.17 bits per heavy atom. The first-order valence-electron chi connectivity index (χ1n) is 5.94. The Kier molecular flexibility index (Phi) is 3.10. The predicted molar refractivity (Wildman–Crippen MR) is 73.8 cm³/mol. The van der Waals surface area contributed by atoms with E-state index in [9.17, 15) is 5.11 Å². The first kappa shape index (κ1) is 11.8. The van der Waals surface area contributed by atoms with Crippen LogP contribution in [-0.2, 0) is 6.42 Å². The van der Waals surface area contributed by atoms with E-state index in [0.717, 1.165) is 34.4 Å². The van der Waals surface area contributed by atoms with Crippen molar-refractivity contribution >= 4 is 15.9 Å². The molecule has 2 nitrogen and oxygen atoms in total. The van der Waals surface area contributed by atoms with Gasteiger partial charge in [0.05, 0.1) is 6.61 Å². The smallest absolute Gasteiger partial charge is 0.122 e. The van der Waals surface area contributed by atoms with Crippen LogP contribution in [0.15, 0.2) is 46.9 Å². The molecule has 0 saturated heterocycles. The third kappa shape index (κ3) is 2.04. The van der Waals surface area contributed by atoms with Crippen LogP contribution in [0.3, 0.4) is 0 Å². The van der Waals surface area contributed by atoms with Gasteiger partial charge in [-0.25, -0.2) is 0 Å². The lowest BCUT2D eigenvalue weighted by Gasteiger charge is -2.14. The molecule has 0 radical (unpaired) electrons. The van der Waals surface area contributed by atoms with Gasteiger partial charge in [0.15, 0.2) is 0 Å². The number of aliphatic hydroxyl groups excluding tert-OH is 1. The Morgan fingerprint density at radius 3 is 2.83 bits per heavy atom. The third-order valence-corrected chi connectivity index (χ3v) is 3.95. The fourth-order valence-corrected chi connectivity index (χ4v) is 2.75. The topological polar surface area (TPSA) is 29.5 Å². The second kappa shape index (κ2) is 4.75. The Labute approximate surface area is 114 Å². The lowest BCUT2D eigenvalue weighted by atomic mass is 9.99. The number of ether oxygens (including phenoxy) is 1. The normalized spacial score (nSPS) is 15.0. The summed E-state index contributed by atoms with van der Waals surface area (Å²) in [5, 5.41) is 10.4. The van der Waals surface area contributed by atoms with Gasteiger partial charge in [-0.15, -0.1) is 0 Å². The summed E-state index contributed by atoms with van der Waals surface area (Å²) >= 11 is 3.47. The van der Waals surface area contributed by atoms with Gasteiger partial charge in [-0.2, -0.15) is 0 Å². The standard InChI is InChI=1S/C15H13BrO2/c16-13-4-2-1-3-12(13)15(17)11-5-6-14-10(9-11)7-8-18-14/h1-6,9,15,17H,7-8H2. The van der Waals surface area contributed by atoms with E-state index in [1.165, 1.54) is 5.56 Å². The summed E-state index contributed by atoms with van der Waals surface area (Å²) in [6, 6.07) is 13.6. The van der Waals surface area contributed by atoms with Crippen LogP contribution in [0, 0.1) is 0 Å². The van der Waals surface area contributed by atoms with Crippen molar-refractivity contribution in [2.75, 3.05) is 6.61 Å². The maximum atomic E-state index is 10.4. The molecule has 3 heteroatoms. The summed E-state index contributed by atoms with van der Waals surface area (Å²) in [4.78, 5) is 0. The molecule has 18 heavy (non-hydrogen) atoms. The van der Waals surface area contributed by atoms with Crippen molar-refractivity contribution in [1.29, 1.82) is 0 Å². The zero-order valence-electron chi connectivity index (χ0n) is 9.77. The lowest BCUT2D eigenvalue weighted by molar-refractivity contribution is 0.219. The fraction of sp³-hybridized carbons (Fsp3) is 0.200. The predicted octanol–water partition coefficient (Wildman–Crippen LogP) is 3.47. The van der Waals surface area contributed by atoms with Crippen molar-refractivity contribution in [2.45, 2.75) is 12.5 Å². The van der Waals surface area contributed by atoms with Crippen molar-refractivity contribution in [1.82, 2.24) is 0 Å². The molecule has 0 fully saturated rings. The van der Waals surface area contributed by atoms with Gasteiger partial charge in [0.2, 0.25) is 0 Å². The molecule has 0 saturated carbocycles. The average Bonchev–Trinajstić information content (AvgIpc) is 2.85. The van der Waals surface area contributed by atoms with Crippen molar-refractivity contribution in [3.05, 3.63) is 63.6 Å². The molecular weight excluding hydrogens is 292 g/mol. The van der Waals surface area contributed by atoms with E-state index in [2.05, 4.69) is 15.9 Å². The fourth-order valence-electron chi connectivity index (χ4n) is 2.25. The Hall–Kier alpha value is -1.32. The van der Waals surface area contributed by atoms with Crippen LogP contribution in [0.2, 0.25) is 0 Å². The van der Waals surface area contributed by atoms with E-state index < -0.39 is 6.10 Å². The van der Waals surface area contributed by atoms with Gasteiger partial charge in [-0.05, 0) is 34.9 Å². The summed E-state index contributed by atoms with van der Waals surface area (Å²) in [5.41, 5.74) is 2.97. The second-order valence-electron chi connectivity index (χ2n) is 4.39. The van der Waals surface area contributed by atoms with Gasteiger partial charge in [-0.3, -0.25) is 0 Å². The first-order valence-corrected chi connectivity index (χ1v) is 6.73. The SMILES string of the molecule is OC(c1ccc2c(c1)CCO2)c1ccccc1Br. The van der Waals surface area contributed by atoms with Gasteiger partial charge in [0.25, 0.3) is 0 Å². The molecule has 1 unspecified atom stereocenters. The molecule has 1 aliphatic rings. The molecule has 1 N–H and O–H groups in total. The summed E-state index contributed by atoms with van der Waals surface area (Å²) < 4.78 is 6.40. The Balaban J connectivity index is 1.98. The molecule has 1 heterocycles. The molecule has 0 spiro atoms. The minimum Gasteiger partial charge on any atom is -0.493 e. The number of fused-ring (bicyclic) bond motifs is 1. The number of rotatable bonds is 2. The van der Waals surface area contributed by atoms with Crippen LogP contribution in [-0.4, -0.2) is 11.7 Å². The molecule has 0 bridgehead atoms. The van der Waals surface area contributed by atoms with E-state index >= 15 is 0 Å². The van der Waals surface area contributed by atoms with Crippen LogP contribution in [0.5, 0.6) is 5.75 Å². The minimum atomic E-state index is -0.605. The monoisotopic (exact) mass is 304 g/mol. The maximum Gasteiger partial charge on any atom is 0.122 e. The molecule has 0 aromatic heterocycles. The molecule has 2 aromatic rings. The average molecular weight is 305 g/mol. The first-order chi connectivity index (χ1) is 8.75. The van der Waals surface area contributed by atoms with E-state index in [4.69, 9.17) is 4.74 Å². The van der Waals surface area contributed by atoms with E-state index in [1.54, 1.807) is 0 Å². The van der Waals surface area contributed by atoms with Gasteiger partial charge < -0.3 is 9.84 Å². The van der Waals surface area contributed by atoms with Crippen molar-refractivity contribution in [2.24, 2.45) is 0 Å². The number of hydrogen-bond acceptors (Lipinski definition) is 2. The van der Waals surface area contributed by atoms with Crippen LogP contribution in [0.1, 0.15) is 22.8 Å². The van der Waals surface area contributed by atoms with E-state index in [-0.39, 0.29) is 0 Å². The van der Waals surface area contributed by atoms with Crippen LogP contribution in [0.4, 0.5) is 0 Å². The van der Waals surface area contributed by atoms with Gasteiger partial charge in [-0.1, -0.05) is 40.2 Å². The molecule has 2 aromatic carbocycles. The number of aliphatic hydroxyl groups is 1. The molecule has 3 rings (SSSR count). The summed E-state index contributed by atoms with van der Waals surface area (Å²) in [5.74, 6) is 0.943. The Morgan fingerprint density at radius 2 is 2.00 bits per heavy atom. The van der Waals surface area contributed by atoms with Gasteiger partial charge >= 0.3 is 0 Å². The van der Waals surface area contributed by atoms with Crippen LogP contribution < -0.4 is 4.74 Å². The van der Waals surface area contributed by atoms with Crippen molar-refractivity contribution < 1.29 is 9.84 Å². The van der Waals surface area contributed by atoms with Crippen molar-refractivity contribution in [3.63, 3.8) is 0 Å². The van der Waals surface area contributed by atoms with Crippen LogP contribution in [0.25, 0.3) is 0 Å². The van der Waals surface area contributed by atoms with Gasteiger partial charge in [0, 0.05) is 10.9 Å². The molecular formula is C15H13BrO2. The number of halogens is 1. The third-order valence-electron chi connectivity index (χ3n) is 3.23. The largest absolute Gasteiger partial charge is 0.493 e. The summed E-state index contributed by atoms with van der Waals surface area (Å²) in [7, 11) is 0. The minimum absolute atomic E-state index is 0.605. The molecule has 1 aliphatic heterocycles. The summed E-state index contributed by atoms with van der Waals surface area (Å²) in [6.07, 6.45) is 0.317. The highest BCUT2D eigenvalue weighted by Gasteiger charge is 2.17. The molecule has 0 aliphatic carbocycles. The van der Waals surface area contributed by atoms with Crippen LogP contribution >= 0.6 is 15.9 Å². The van der Waals surface area contributed by atoms with E-state index in [1.807, 2.05) is 42.5 Å². The highest BCUT2D eigenvalue weighted by atomic mass is 79.9. The van der Waals surface area contributed by atoms with Crippen molar-refractivity contribution in [3.8, 4) is 5.75 Å². The zero-order chi connectivity index (χ0) is 12.5. The molecule has 0 amide bonds. The number of hydrogen-bond donors (Lipinski definition) is 1. The highest BCUT2D eigenvalue weighted by Crippen LogP contribution is 2.32. The number of benzene rings is 2. The quantitative estimate of drug-likeness (QED) is 0.920. The highest BCUT2D eigenvalue weighted by molar-refractivity contribution is 9.10. The maximum absolute atomic E-state index is 10.4. The van der Waals surface area contributed by atoms with E-state index in [0.29, 0.717) is 0 Å². The summed E-state index contributed by atoms with van der Waals surface area (Å²) in [6.45, 7) is 0.740. The molecule has 1 atom stereocenters.